The topological polar surface area (TPSA) is 59.8 Å². The number of aromatic nitrogens is 3. The van der Waals surface area contributed by atoms with E-state index in [9.17, 15) is 13.6 Å². The summed E-state index contributed by atoms with van der Waals surface area (Å²) in [6.07, 6.45) is 1.93. The number of nitrogens with zero attached hydrogens (tertiary/aromatic N) is 3. The first kappa shape index (κ1) is 21.5. The van der Waals surface area contributed by atoms with E-state index < -0.39 is 5.25 Å². The largest absolute Gasteiger partial charge is 0.352 e. The predicted molar refractivity (Wildman–Crippen MR) is 116 cm³/mol. The molecule has 1 aliphatic rings. The highest BCUT2D eigenvalue weighted by molar-refractivity contribution is 8.00. The molecule has 4 rings (SSSR count). The number of carbonyl (C=O) groups excluding carboxylic acids is 1. The number of nitrogens with one attached hydrogen (secondary N) is 1. The van der Waals surface area contributed by atoms with Gasteiger partial charge in [0.2, 0.25) is 5.91 Å². The molecule has 3 aromatic rings. The monoisotopic (exact) mass is 442 g/mol. The molecule has 1 heterocycles. The molecule has 0 radical (unpaired) electrons. The van der Waals surface area contributed by atoms with Gasteiger partial charge in [0, 0.05) is 12.6 Å². The predicted octanol–water partition coefficient (Wildman–Crippen LogP) is 4.99. The second-order valence-electron chi connectivity index (χ2n) is 8.12. The number of rotatable bonds is 8. The minimum Gasteiger partial charge on any atom is -0.352 e. The van der Waals surface area contributed by atoms with Crippen molar-refractivity contribution < 1.29 is 13.6 Å². The van der Waals surface area contributed by atoms with E-state index in [0.29, 0.717) is 28.7 Å². The summed E-state index contributed by atoms with van der Waals surface area (Å²) in [4.78, 5) is 13.0. The number of carbonyl (C=O) groups is 1. The zero-order valence-corrected chi connectivity index (χ0v) is 18.2. The summed E-state index contributed by atoms with van der Waals surface area (Å²) in [5.74, 6) is -0.205. The van der Waals surface area contributed by atoms with Crippen molar-refractivity contribution >= 4 is 17.7 Å². The first-order chi connectivity index (χ1) is 14.9. The van der Waals surface area contributed by atoms with E-state index in [1.54, 1.807) is 30.3 Å². The summed E-state index contributed by atoms with van der Waals surface area (Å²) in [6, 6.07) is 12.5. The maximum absolute atomic E-state index is 14.5. The Morgan fingerprint density at radius 1 is 1.13 bits per heavy atom. The van der Waals surface area contributed by atoms with Crippen molar-refractivity contribution in [2.75, 3.05) is 0 Å². The van der Waals surface area contributed by atoms with Crippen LogP contribution in [0.15, 0.2) is 53.7 Å². The Morgan fingerprint density at radius 3 is 2.48 bits per heavy atom. The number of thioether (sulfide) groups is 1. The van der Waals surface area contributed by atoms with E-state index >= 15 is 0 Å². The SMILES string of the molecule is CC(C)Cn1c(SC(C(=O)NC2CC2)c2ccc(F)cc2)nnc1-c1ccccc1F. The third-order valence-corrected chi connectivity index (χ3v) is 6.17. The molecule has 1 aromatic heterocycles. The number of amides is 1. The first-order valence-corrected chi connectivity index (χ1v) is 11.2. The van der Waals surface area contributed by atoms with Crippen LogP contribution in [0.1, 0.15) is 37.5 Å². The van der Waals surface area contributed by atoms with Crippen LogP contribution in [0.25, 0.3) is 11.4 Å². The van der Waals surface area contributed by atoms with Gasteiger partial charge in [0.15, 0.2) is 11.0 Å². The Hall–Kier alpha value is -2.74. The molecule has 1 fully saturated rings. The van der Waals surface area contributed by atoms with Crippen LogP contribution in [0.4, 0.5) is 8.78 Å². The van der Waals surface area contributed by atoms with Crippen LogP contribution in [-0.4, -0.2) is 26.7 Å². The molecule has 2 aromatic carbocycles. The van der Waals surface area contributed by atoms with Crippen molar-refractivity contribution in [1.82, 2.24) is 20.1 Å². The van der Waals surface area contributed by atoms with Crippen LogP contribution in [0.5, 0.6) is 0 Å². The van der Waals surface area contributed by atoms with Gasteiger partial charge in [-0.05, 0) is 48.6 Å². The molecule has 1 atom stereocenters. The number of hydrogen-bond acceptors (Lipinski definition) is 4. The molecule has 5 nitrogen and oxygen atoms in total. The van der Waals surface area contributed by atoms with Gasteiger partial charge in [0.05, 0.1) is 5.56 Å². The maximum atomic E-state index is 14.5. The Bertz CT molecular complexity index is 1060. The summed E-state index contributed by atoms with van der Waals surface area (Å²) in [7, 11) is 0. The van der Waals surface area contributed by atoms with E-state index in [1.165, 1.54) is 30.0 Å². The Balaban J connectivity index is 1.71. The second kappa shape index (κ2) is 9.18. The van der Waals surface area contributed by atoms with Crippen molar-refractivity contribution in [3.8, 4) is 11.4 Å². The third-order valence-electron chi connectivity index (χ3n) is 4.94. The molecule has 0 spiro atoms. The minimum atomic E-state index is -0.621. The van der Waals surface area contributed by atoms with Gasteiger partial charge in [-0.3, -0.25) is 4.79 Å². The zero-order valence-electron chi connectivity index (χ0n) is 17.4. The van der Waals surface area contributed by atoms with Gasteiger partial charge in [-0.25, -0.2) is 8.78 Å². The highest BCUT2D eigenvalue weighted by Gasteiger charge is 2.31. The summed E-state index contributed by atoms with van der Waals surface area (Å²) >= 11 is 1.25. The summed E-state index contributed by atoms with van der Waals surface area (Å²) in [6.45, 7) is 4.67. The lowest BCUT2D eigenvalue weighted by Gasteiger charge is -2.18. The van der Waals surface area contributed by atoms with Crippen molar-refractivity contribution in [2.24, 2.45) is 5.92 Å². The van der Waals surface area contributed by atoms with Crippen LogP contribution in [0.3, 0.4) is 0 Å². The minimum absolute atomic E-state index is 0.148. The molecular weight excluding hydrogens is 418 g/mol. The lowest BCUT2D eigenvalue weighted by atomic mass is 10.1. The van der Waals surface area contributed by atoms with Crippen LogP contribution in [0.2, 0.25) is 0 Å². The number of hydrogen-bond donors (Lipinski definition) is 1. The van der Waals surface area contributed by atoms with Crippen molar-refractivity contribution in [3.05, 3.63) is 65.7 Å². The van der Waals surface area contributed by atoms with Crippen molar-refractivity contribution in [2.45, 2.75) is 49.7 Å². The fourth-order valence-corrected chi connectivity index (χ4v) is 4.32. The van der Waals surface area contributed by atoms with E-state index in [-0.39, 0.29) is 29.5 Å². The average Bonchev–Trinajstić information content (AvgIpc) is 3.47. The van der Waals surface area contributed by atoms with Crippen LogP contribution in [-0.2, 0) is 11.3 Å². The molecule has 0 saturated heterocycles. The van der Waals surface area contributed by atoms with Gasteiger partial charge in [-0.2, -0.15) is 0 Å². The lowest BCUT2D eigenvalue weighted by Crippen LogP contribution is -2.30. The zero-order chi connectivity index (χ0) is 22.0. The first-order valence-electron chi connectivity index (χ1n) is 10.3. The molecular formula is C23H24F2N4OS. The van der Waals surface area contributed by atoms with Gasteiger partial charge < -0.3 is 9.88 Å². The highest BCUT2D eigenvalue weighted by Crippen LogP contribution is 2.37. The average molecular weight is 443 g/mol. The fourth-order valence-electron chi connectivity index (χ4n) is 3.27. The highest BCUT2D eigenvalue weighted by atomic mass is 32.2. The second-order valence-corrected chi connectivity index (χ2v) is 9.20. The Kier molecular flexibility index (Phi) is 6.36. The lowest BCUT2D eigenvalue weighted by molar-refractivity contribution is -0.120. The molecule has 0 aliphatic heterocycles. The van der Waals surface area contributed by atoms with Crippen molar-refractivity contribution in [1.29, 1.82) is 0 Å². The van der Waals surface area contributed by atoms with Crippen molar-refractivity contribution in [3.63, 3.8) is 0 Å². The van der Waals surface area contributed by atoms with E-state index in [1.807, 2.05) is 4.57 Å². The molecule has 0 bridgehead atoms. The molecule has 31 heavy (non-hydrogen) atoms. The summed E-state index contributed by atoms with van der Waals surface area (Å²) in [5.41, 5.74) is 1.04. The van der Waals surface area contributed by atoms with Gasteiger partial charge in [0.1, 0.15) is 16.9 Å². The van der Waals surface area contributed by atoms with Crippen LogP contribution >= 0.6 is 11.8 Å². The maximum Gasteiger partial charge on any atom is 0.238 e. The normalized spacial score (nSPS) is 14.6. The Morgan fingerprint density at radius 2 is 1.84 bits per heavy atom. The molecule has 162 valence electrons. The third kappa shape index (κ3) is 5.12. The summed E-state index contributed by atoms with van der Waals surface area (Å²) in [5, 5.41) is 11.5. The van der Waals surface area contributed by atoms with Gasteiger partial charge in [-0.15, -0.1) is 10.2 Å². The van der Waals surface area contributed by atoms with E-state index in [0.717, 1.165) is 12.8 Å². The standard InChI is InChI=1S/C23H24F2N4OS/c1-14(2)13-29-21(18-5-3-4-6-19(18)25)27-28-23(29)31-20(22(30)26-17-11-12-17)15-7-9-16(24)10-8-15/h3-10,14,17,20H,11-13H2,1-2H3,(H,26,30). The van der Waals surface area contributed by atoms with Gasteiger partial charge >= 0.3 is 0 Å². The van der Waals surface area contributed by atoms with E-state index in [2.05, 4.69) is 29.4 Å². The molecule has 8 heteroatoms. The summed E-state index contributed by atoms with van der Waals surface area (Å²) < 4.78 is 29.8. The number of benzene rings is 2. The molecule has 1 saturated carbocycles. The van der Waals surface area contributed by atoms with Gasteiger partial charge in [-0.1, -0.05) is 49.9 Å². The quantitative estimate of drug-likeness (QED) is 0.499. The van der Waals surface area contributed by atoms with Gasteiger partial charge in [0.25, 0.3) is 0 Å². The molecule has 1 aliphatic carbocycles. The smallest absolute Gasteiger partial charge is 0.238 e. The molecule has 1 N–H and O–H groups in total. The van der Waals surface area contributed by atoms with E-state index in [4.69, 9.17) is 0 Å². The molecule has 1 amide bonds. The van der Waals surface area contributed by atoms with Crippen LogP contribution in [0, 0.1) is 17.6 Å². The number of halogens is 2. The fraction of sp³-hybridized carbons (Fsp3) is 0.348. The molecule has 1 unspecified atom stereocenters. The van der Waals surface area contributed by atoms with Crippen LogP contribution < -0.4 is 5.32 Å². The Labute approximate surface area is 184 Å².